The van der Waals surface area contributed by atoms with Crippen LogP contribution in [0.3, 0.4) is 0 Å². The zero-order valence-corrected chi connectivity index (χ0v) is 12.5. The number of nitrogens with one attached hydrogen (secondary N) is 2. The minimum Gasteiger partial charge on any atom is -0.387 e. The quantitative estimate of drug-likeness (QED) is 0.786. The first-order valence-corrected chi connectivity index (χ1v) is 7.73. The number of amides is 2. The molecular weight excluding hydrogens is 335 g/mol. The average Bonchev–Trinajstić information content (AvgIpc) is 2.79. The van der Waals surface area contributed by atoms with Crippen molar-refractivity contribution in [2.24, 2.45) is 0 Å². The van der Waals surface area contributed by atoms with Gasteiger partial charge < -0.3 is 15.7 Å². The van der Waals surface area contributed by atoms with Gasteiger partial charge in [0.2, 0.25) is 0 Å². The molecule has 2 rings (SSSR count). The summed E-state index contributed by atoms with van der Waals surface area (Å²) in [5.74, 6) is 0.993. The van der Waals surface area contributed by atoms with Gasteiger partial charge in [-0.3, -0.25) is 0 Å². The molecule has 0 aliphatic carbocycles. The maximum absolute atomic E-state index is 13.4. The number of carbonyl (C=O) groups is 1. The van der Waals surface area contributed by atoms with Crippen molar-refractivity contribution in [2.45, 2.75) is 12.0 Å². The molecule has 1 saturated heterocycles. The second-order valence-electron chi connectivity index (χ2n) is 4.46. The molecule has 1 aromatic rings. The summed E-state index contributed by atoms with van der Waals surface area (Å²) in [6, 6.07) is 3.77. The summed E-state index contributed by atoms with van der Waals surface area (Å²) in [7, 11) is 0. The van der Waals surface area contributed by atoms with Crippen molar-refractivity contribution in [2.75, 3.05) is 23.4 Å². The van der Waals surface area contributed by atoms with Crippen molar-refractivity contribution in [3.8, 4) is 0 Å². The third-order valence-corrected chi connectivity index (χ3v) is 4.56. The molecule has 1 aliphatic heterocycles. The van der Waals surface area contributed by atoms with Crippen LogP contribution in [0.5, 0.6) is 0 Å². The molecule has 1 aromatic carbocycles. The number of benzene rings is 1. The molecule has 1 heterocycles. The topological polar surface area (TPSA) is 61.4 Å². The summed E-state index contributed by atoms with van der Waals surface area (Å²) in [5, 5.41) is 15.0. The fourth-order valence-electron chi connectivity index (χ4n) is 1.74. The second kappa shape index (κ2) is 6.11. The molecule has 0 spiro atoms. The Morgan fingerprint density at radius 2 is 2.37 bits per heavy atom. The van der Waals surface area contributed by atoms with Crippen LogP contribution in [-0.4, -0.2) is 34.8 Å². The van der Waals surface area contributed by atoms with E-state index in [0.717, 1.165) is 5.75 Å². The Morgan fingerprint density at radius 1 is 1.58 bits per heavy atom. The molecule has 19 heavy (non-hydrogen) atoms. The minimum atomic E-state index is -0.849. The summed E-state index contributed by atoms with van der Waals surface area (Å²) in [5.41, 5.74) is -0.752. The van der Waals surface area contributed by atoms with Crippen LogP contribution in [0.15, 0.2) is 22.7 Å². The van der Waals surface area contributed by atoms with Gasteiger partial charge in [-0.2, -0.15) is 11.8 Å². The number of halogens is 2. The lowest BCUT2D eigenvalue weighted by atomic mass is 10.0. The van der Waals surface area contributed by atoms with E-state index in [-0.39, 0.29) is 12.2 Å². The van der Waals surface area contributed by atoms with Gasteiger partial charge >= 0.3 is 6.03 Å². The zero-order chi connectivity index (χ0) is 13.9. The maximum atomic E-state index is 13.4. The molecule has 1 atom stereocenters. The Balaban J connectivity index is 1.89. The third kappa shape index (κ3) is 4.09. The van der Waals surface area contributed by atoms with Gasteiger partial charge in [0.05, 0.1) is 11.3 Å². The monoisotopic (exact) mass is 348 g/mol. The van der Waals surface area contributed by atoms with Crippen LogP contribution >= 0.6 is 27.7 Å². The van der Waals surface area contributed by atoms with Crippen LogP contribution in [0.25, 0.3) is 0 Å². The van der Waals surface area contributed by atoms with Crippen LogP contribution < -0.4 is 10.6 Å². The number of hydrogen-bond acceptors (Lipinski definition) is 3. The van der Waals surface area contributed by atoms with Crippen LogP contribution in [0.1, 0.15) is 6.42 Å². The van der Waals surface area contributed by atoms with Gasteiger partial charge in [-0.15, -0.1) is 0 Å². The van der Waals surface area contributed by atoms with Gasteiger partial charge in [-0.25, -0.2) is 9.18 Å². The Bertz CT molecular complexity index is 481. The summed E-state index contributed by atoms with van der Waals surface area (Å²) < 4.78 is 14.1. The molecule has 0 bridgehead atoms. The minimum absolute atomic E-state index is 0.0969. The van der Waals surface area contributed by atoms with E-state index >= 15 is 0 Å². The lowest BCUT2D eigenvalue weighted by Gasteiger charge is -2.21. The summed E-state index contributed by atoms with van der Waals surface area (Å²) in [4.78, 5) is 11.7. The van der Waals surface area contributed by atoms with E-state index in [9.17, 15) is 14.3 Å². The van der Waals surface area contributed by atoms with Gasteiger partial charge in [0.25, 0.3) is 0 Å². The van der Waals surface area contributed by atoms with Crippen molar-refractivity contribution >= 4 is 39.4 Å². The van der Waals surface area contributed by atoms with Crippen LogP contribution in [0.4, 0.5) is 14.9 Å². The molecular formula is C12H14BrFN2O2S. The highest BCUT2D eigenvalue weighted by Gasteiger charge is 2.31. The number of anilines is 1. The van der Waals surface area contributed by atoms with E-state index in [1.54, 1.807) is 17.8 Å². The smallest absolute Gasteiger partial charge is 0.319 e. The lowest BCUT2D eigenvalue weighted by Crippen LogP contribution is -2.44. The van der Waals surface area contributed by atoms with Crippen molar-refractivity contribution < 1.29 is 14.3 Å². The van der Waals surface area contributed by atoms with E-state index in [1.165, 1.54) is 12.1 Å². The Labute approximate surface area is 123 Å². The van der Waals surface area contributed by atoms with E-state index < -0.39 is 17.4 Å². The number of urea groups is 1. The first-order chi connectivity index (χ1) is 8.98. The lowest BCUT2D eigenvalue weighted by molar-refractivity contribution is 0.0706. The van der Waals surface area contributed by atoms with Gasteiger partial charge in [0, 0.05) is 16.8 Å². The normalized spacial score (nSPS) is 22.3. The first-order valence-electron chi connectivity index (χ1n) is 5.79. The number of thioether (sulfide) groups is 1. The SMILES string of the molecule is O=C(NCC1(O)CCSC1)Nc1cc(Br)ccc1F. The summed E-state index contributed by atoms with van der Waals surface area (Å²) >= 11 is 4.86. The number of aliphatic hydroxyl groups is 1. The highest BCUT2D eigenvalue weighted by atomic mass is 79.9. The van der Waals surface area contributed by atoms with Crippen molar-refractivity contribution in [1.29, 1.82) is 0 Å². The number of rotatable bonds is 3. The highest BCUT2D eigenvalue weighted by molar-refractivity contribution is 9.10. The number of hydrogen-bond donors (Lipinski definition) is 3. The van der Waals surface area contributed by atoms with Crippen LogP contribution in [0.2, 0.25) is 0 Å². The summed E-state index contributed by atoms with van der Waals surface area (Å²) in [6.07, 6.45) is 0.656. The molecule has 1 aliphatic rings. The molecule has 104 valence electrons. The predicted molar refractivity (Wildman–Crippen MR) is 78.0 cm³/mol. The van der Waals surface area contributed by atoms with Crippen molar-refractivity contribution in [1.82, 2.24) is 5.32 Å². The molecule has 1 fully saturated rings. The van der Waals surface area contributed by atoms with Crippen molar-refractivity contribution in [3.05, 3.63) is 28.5 Å². The molecule has 0 saturated carbocycles. The average molecular weight is 349 g/mol. The Kier molecular flexibility index (Phi) is 4.70. The third-order valence-electron chi connectivity index (χ3n) is 2.84. The zero-order valence-electron chi connectivity index (χ0n) is 10.1. The largest absolute Gasteiger partial charge is 0.387 e. The molecule has 1 unspecified atom stereocenters. The summed E-state index contributed by atoms with van der Waals surface area (Å²) in [6.45, 7) is 0.168. The molecule has 4 nitrogen and oxygen atoms in total. The van der Waals surface area contributed by atoms with E-state index in [0.29, 0.717) is 16.6 Å². The molecule has 0 radical (unpaired) electrons. The number of carbonyl (C=O) groups excluding carboxylic acids is 1. The first kappa shape index (κ1) is 14.6. The molecule has 2 amide bonds. The highest BCUT2D eigenvalue weighted by Crippen LogP contribution is 2.27. The van der Waals surface area contributed by atoms with Crippen LogP contribution in [-0.2, 0) is 0 Å². The van der Waals surface area contributed by atoms with E-state index in [1.807, 2.05) is 0 Å². The van der Waals surface area contributed by atoms with Crippen molar-refractivity contribution in [3.63, 3.8) is 0 Å². The fourth-order valence-corrected chi connectivity index (χ4v) is 3.40. The van der Waals surface area contributed by atoms with E-state index in [2.05, 4.69) is 26.6 Å². The van der Waals surface area contributed by atoms with E-state index in [4.69, 9.17) is 0 Å². The maximum Gasteiger partial charge on any atom is 0.319 e. The fraction of sp³-hybridized carbons (Fsp3) is 0.417. The van der Waals surface area contributed by atoms with Gasteiger partial charge in [-0.1, -0.05) is 15.9 Å². The molecule has 7 heteroatoms. The molecule has 3 N–H and O–H groups in total. The standard InChI is InChI=1S/C12H14BrFN2O2S/c13-8-1-2-9(14)10(5-8)16-11(17)15-6-12(18)3-4-19-7-12/h1-2,5,18H,3-4,6-7H2,(H2,15,16,17). The Hall–Kier alpha value is -0.790. The van der Waals surface area contributed by atoms with Gasteiger partial charge in [-0.05, 0) is 30.4 Å². The van der Waals surface area contributed by atoms with Gasteiger partial charge in [0.1, 0.15) is 5.82 Å². The Morgan fingerprint density at radius 3 is 3.05 bits per heavy atom. The van der Waals surface area contributed by atoms with Crippen LogP contribution in [0, 0.1) is 5.82 Å². The predicted octanol–water partition coefficient (Wildman–Crippen LogP) is 2.58. The molecule has 0 aromatic heterocycles. The second-order valence-corrected chi connectivity index (χ2v) is 6.48. The van der Waals surface area contributed by atoms with Gasteiger partial charge in [0.15, 0.2) is 0 Å².